The van der Waals surface area contributed by atoms with Crippen molar-refractivity contribution >= 4 is 24.5 Å². The van der Waals surface area contributed by atoms with Gasteiger partial charge in [0.05, 0.1) is 0 Å². The van der Waals surface area contributed by atoms with Crippen LogP contribution in [0.2, 0.25) is 0 Å². The van der Waals surface area contributed by atoms with Crippen molar-refractivity contribution in [3.63, 3.8) is 0 Å². The van der Waals surface area contributed by atoms with Crippen LogP contribution in [0.25, 0.3) is 40.5 Å². The summed E-state index contributed by atoms with van der Waals surface area (Å²) in [6.07, 6.45) is 6.22. The number of benzene rings is 4. The monoisotopic (exact) mass is 660 g/mol. The minimum atomic E-state index is -0.187. The van der Waals surface area contributed by atoms with Crippen molar-refractivity contribution in [3.05, 3.63) is 134 Å². The highest BCUT2D eigenvalue weighted by Gasteiger charge is 2.24. The molecule has 1 aliphatic rings. The first-order chi connectivity index (χ1) is 23.6. The van der Waals surface area contributed by atoms with E-state index in [2.05, 4.69) is 39.8 Å². The standard InChI is InChI=1S/C23H24O3.C17H18O2.C2H6.C2H4/c1-6-16-10-12-21-23(19(16)8-3)22-18(7-2)15(4)9-11-20(22)25-13-17(24-5)14-26-21;1-17(2,3)19-16-10-8-15(9-11-16)14-6-4-13(12-18)5-7-14;2*1-2/h6-12,17H,1-3,13-14H2,4-5H3;4-12H,1-3H3;1-2H3;1-2H2. The highest BCUT2D eigenvalue weighted by molar-refractivity contribution is 5.92. The number of hydrogen-bond acceptors (Lipinski definition) is 5. The molecule has 0 amide bonds. The summed E-state index contributed by atoms with van der Waals surface area (Å²) < 4.78 is 23.5. The molecule has 0 fully saturated rings. The van der Waals surface area contributed by atoms with Crippen LogP contribution in [0.15, 0.2) is 106 Å². The van der Waals surface area contributed by atoms with Crippen LogP contribution in [0.5, 0.6) is 17.2 Å². The van der Waals surface area contributed by atoms with Crippen LogP contribution in [0.3, 0.4) is 0 Å². The Hall–Kier alpha value is -5.13. The molecule has 4 aromatic carbocycles. The molecule has 258 valence electrons. The zero-order valence-corrected chi connectivity index (χ0v) is 30.3. The van der Waals surface area contributed by atoms with Gasteiger partial charge in [0.2, 0.25) is 0 Å². The summed E-state index contributed by atoms with van der Waals surface area (Å²) in [6, 6.07) is 23.5. The topological polar surface area (TPSA) is 54.0 Å². The van der Waals surface area contributed by atoms with Crippen molar-refractivity contribution in [1.82, 2.24) is 0 Å². The Morgan fingerprint density at radius 3 is 1.65 bits per heavy atom. The van der Waals surface area contributed by atoms with E-state index in [1.165, 1.54) is 0 Å². The largest absolute Gasteiger partial charge is 0.490 e. The molecule has 5 nitrogen and oxygen atoms in total. The lowest BCUT2D eigenvalue weighted by molar-refractivity contribution is 0.0250. The van der Waals surface area contributed by atoms with E-state index in [0.717, 1.165) is 68.0 Å². The molecule has 0 bridgehead atoms. The van der Waals surface area contributed by atoms with Gasteiger partial charge in [-0.05, 0) is 85.3 Å². The highest BCUT2D eigenvalue weighted by atomic mass is 16.6. The molecule has 1 atom stereocenters. The zero-order chi connectivity index (χ0) is 36.6. The number of methoxy groups -OCH3 is 1. The summed E-state index contributed by atoms with van der Waals surface area (Å²) in [4.78, 5) is 10.6. The number of hydrogen-bond donors (Lipinski definition) is 0. The van der Waals surface area contributed by atoms with Gasteiger partial charge >= 0.3 is 0 Å². The van der Waals surface area contributed by atoms with Crippen molar-refractivity contribution in [2.24, 2.45) is 0 Å². The molecule has 0 N–H and O–H groups in total. The SMILES string of the molecule is C=C.C=Cc1ccc2c(c1C=C)-c1c(ccc(C)c1C=C)OCC(OC)CO2.CC.CC(C)(C)Oc1ccc(-c2ccc(C=O)cc2)cc1. The molecule has 1 aliphatic heterocycles. The van der Waals surface area contributed by atoms with Crippen LogP contribution >= 0.6 is 0 Å². The van der Waals surface area contributed by atoms with Gasteiger partial charge in [-0.2, -0.15) is 0 Å². The Morgan fingerprint density at radius 2 is 1.20 bits per heavy atom. The van der Waals surface area contributed by atoms with Crippen LogP contribution in [-0.4, -0.2) is 38.3 Å². The van der Waals surface area contributed by atoms with E-state index >= 15 is 0 Å². The molecule has 0 radical (unpaired) electrons. The number of carbonyl (C=O) groups is 1. The summed E-state index contributed by atoms with van der Waals surface area (Å²) in [5.74, 6) is 2.41. The molecule has 49 heavy (non-hydrogen) atoms. The fourth-order valence-electron chi connectivity index (χ4n) is 5.11. The molecule has 0 aliphatic carbocycles. The Balaban J connectivity index is 0.000000321. The summed E-state index contributed by atoms with van der Waals surface area (Å²) >= 11 is 0. The quantitative estimate of drug-likeness (QED) is 0.146. The molecular formula is C44H52O5. The second kappa shape index (κ2) is 19.6. The molecule has 1 heterocycles. The van der Waals surface area contributed by atoms with Crippen molar-refractivity contribution in [2.75, 3.05) is 20.3 Å². The average molecular weight is 661 g/mol. The number of rotatable bonds is 7. The third-order valence-electron chi connectivity index (χ3n) is 7.39. The van der Waals surface area contributed by atoms with Gasteiger partial charge in [0.15, 0.2) is 0 Å². The van der Waals surface area contributed by atoms with Crippen molar-refractivity contribution in [1.29, 1.82) is 0 Å². The molecule has 4 aromatic rings. The van der Waals surface area contributed by atoms with E-state index in [9.17, 15) is 4.79 Å². The highest BCUT2D eigenvalue weighted by Crippen LogP contribution is 2.45. The fourth-order valence-corrected chi connectivity index (χ4v) is 5.11. The van der Waals surface area contributed by atoms with E-state index in [0.29, 0.717) is 18.8 Å². The Labute approximate surface area is 294 Å². The molecule has 1 unspecified atom stereocenters. The number of aldehydes is 1. The second-order valence-corrected chi connectivity index (χ2v) is 11.7. The first-order valence-corrected chi connectivity index (χ1v) is 16.4. The van der Waals surface area contributed by atoms with E-state index in [-0.39, 0.29) is 11.7 Å². The maximum absolute atomic E-state index is 10.6. The molecule has 0 saturated heterocycles. The molecule has 0 saturated carbocycles. The van der Waals surface area contributed by atoms with Crippen molar-refractivity contribution in [3.8, 4) is 39.5 Å². The summed E-state index contributed by atoms with van der Waals surface area (Å²) in [5, 5.41) is 0. The lowest BCUT2D eigenvalue weighted by Gasteiger charge is -2.21. The summed E-state index contributed by atoms with van der Waals surface area (Å²) in [6.45, 7) is 30.9. The molecule has 0 aromatic heterocycles. The van der Waals surface area contributed by atoms with E-state index in [1.807, 2.05) is 126 Å². The van der Waals surface area contributed by atoms with Gasteiger partial charge in [-0.15, -0.1) is 13.2 Å². The third-order valence-corrected chi connectivity index (χ3v) is 7.39. The van der Waals surface area contributed by atoms with Crippen LogP contribution in [-0.2, 0) is 4.74 Å². The fraction of sp³-hybridized carbons (Fsp3) is 0.250. The molecule has 0 spiro atoms. The predicted octanol–water partition coefficient (Wildman–Crippen LogP) is 11.5. The van der Waals surface area contributed by atoms with Gasteiger partial charge in [0.1, 0.15) is 48.5 Å². The maximum Gasteiger partial charge on any atom is 0.150 e. The van der Waals surface area contributed by atoms with Gasteiger partial charge < -0.3 is 18.9 Å². The Morgan fingerprint density at radius 1 is 0.714 bits per heavy atom. The van der Waals surface area contributed by atoms with Gasteiger partial charge in [-0.25, -0.2) is 0 Å². The van der Waals surface area contributed by atoms with E-state index in [4.69, 9.17) is 18.9 Å². The van der Waals surface area contributed by atoms with E-state index < -0.39 is 0 Å². The van der Waals surface area contributed by atoms with Gasteiger partial charge in [-0.1, -0.05) is 100 Å². The van der Waals surface area contributed by atoms with E-state index in [1.54, 1.807) is 7.11 Å². The number of aryl methyl sites for hydroxylation is 1. The smallest absolute Gasteiger partial charge is 0.150 e. The maximum atomic E-state index is 10.6. The lowest BCUT2D eigenvalue weighted by atomic mass is 9.89. The van der Waals surface area contributed by atoms with Gasteiger partial charge in [-0.3, -0.25) is 4.79 Å². The van der Waals surface area contributed by atoms with Crippen LogP contribution in [0.4, 0.5) is 0 Å². The van der Waals surface area contributed by atoms with Crippen molar-refractivity contribution in [2.45, 2.75) is 53.2 Å². The number of carbonyl (C=O) groups excluding carboxylic acids is 1. The van der Waals surface area contributed by atoms with Gasteiger partial charge in [0, 0.05) is 23.8 Å². The van der Waals surface area contributed by atoms with Crippen LogP contribution in [0.1, 0.15) is 67.2 Å². The van der Waals surface area contributed by atoms with Crippen LogP contribution in [0, 0.1) is 6.92 Å². The molecule has 5 heteroatoms. The minimum Gasteiger partial charge on any atom is -0.490 e. The van der Waals surface area contributed by atoms with Crippen molar-refractivity contribution < 1.29 is 23.7 Å². The molecule has 5 rings (SSSR count). The van der Waals surface area contributed by atoms with Gasteiger partial charge in [0.25, 0.3) is 0 Å². The number of ether oxygens (including phenoxy) is 4. The average Bonchev–Trinajstić information content (AvgIpc) is 3.20. The normalized spacial score (nSPS) is 12.9. The number of fused-ring (bicyclic) bond motifs is 3. The first-order valence-electron chi connectivity index (χ1n) is 16.4. The predicted molar refractivity (Wildman–Crippen MR) is 209 cm³/mol. The second-order valence-electron chi connectivity index (χ2n) is 11.7. The zero-order valence-electron chi connectivity index (χ0n) is 30.3. The first kappa shape index (κ1) is 40.0. The van der Waals surface area contributed by atoms with Crippen LogP contribution < -0.4 is 14.2 Å². The molecular weight excluding hydrogens is 608 g/mol. The minimum absolute atomic E-state index is 0.159. The third kappa shape index (κ3) is 10.7. The summed E-state index contributed by atoms with van der Waals surface area (Å²) in [7, 11) is 1.66. The Bertz CT molecular complexity index is 1670. The summed E-state index contributed by atoms with van der Waals surface area (Å²) in [5.41, 5.74) is 8.71. The Kier molecular flexibility index (Phi) is 16.0. The lowest BCUT2D eigenvalue weighted by Crippen LogP contribution is -2.27.